The summed E-state index contributed by atoms with van der Waals surface area (Å²) in [5.74, 6) is 0.377. The van der Waals surface area contributed by atoms with Crippen LogP contribution >= 0.6 is 0 Å². The highest BCUT2D eigenvalue weighted by Crippen LogP contribution is 2.58. The van der Waals surface area contributed by atoms with Crippen molar-refractivity contribution in [2.24, 2.45) is 11.3 Å². The molecule has 2 aliphatic rings. The van der Waals surface area contributed by atoms with Crippen LogP contribution in [0.5, 0.6) is 0 Å². The third-order valence-electron chi connectivity index (χ3n) is 5.32. The zero-order chi connectivity index (χ0) is 16.4. The Bertz CT molecular complexity index is 705. The van der Waals surface area contributed by atoms with Crippen LogP contribution in [0.4, 0.5) is 17.1 Å². The summed E-state index contributed by atoms with van der Waals surface area (Å²) in [5, 5.41) is 9.80. The average Bonchev–Trinajstić information content (AvgIpc) is 3.31. The lowest BCUT2D eigenvalue weighted by molar-refractivity contribution is -0.118. The predicted molar refractivity (Wildman–Crippen MR) is 97.4 cm³/mol. The van der Waals surface area contributed by atoms with Crippen molar-refractivity contribution in [3.63, 3.8) is 0 Å². The molecule has 1 aliphatic carbocycles. The summed E-state index contributed by atoms with van der Waals surface area (Å²) in [5.41, 5.74) is 3.22. The topological polar surface area (TPSA) is 53.2 Å². The highest BCUT2D eigenvalue weighted by Gasteiger charge is 2.57. The number of para-hydroxylation sites is 1. The zero-order valence-corrected chi connectivity index (χ0v) is 13.7. The van der Waals surface area contributed by atoms with Gasteiger partial charge >= 0.3 is 0 Å². The first-order chi connectivity index (χ1) is 11.8. The molecule has 3 N–H and O–H groups in total. The normalized spacial score (nSPS) is 21.2. The van der Waals surface area contributed by atoms with E-state index in [1.807, 2.05) is 54.6 Å². The third-order valence-corrected chi connectivity index (χ3v) is 5.32. The van der Waals surface area contributed by atoms with Crippen molar-refractivity contribution in [3.05, 3.63) is 54.6 Å². The molecule has 2 aromatic rings. The van der Waals surface area contributed by atoms with E-state index in [1.165, 1.54) is 0 Å². The lowest BCUT2D eigenvalue weighted by atomic mass is 9.92. The summed E-state index contributed by atoms with van der Waals surface area (Å²) in [6.07, 6.45) is 3.31. The van der Waals surface area contributed by atoms with Crippen LogP contribution < -0.4 is 16.0 Å². The molecule has 124 valence electrons. The van der Waals surface area contributed by atoms with Gasteiger partial charge in [0.05, 0.1) is 0 Å². The number of anilines is 3. The monoisotopic (exact) mass is 321 g/mol. The Kier molecular flexibility index (Phi) is 3.98. The van der Waals surface area contributed by atoms with Gasteiger partial charge in [0.1, 0.15) is 0 Å². The number of carbonyl (C=O) groups is 1. The molecule has 4 heteroatoms. The van der Waals surface area contributed by atoms with Crippen LogP contribution in [0, 0.1) is 11.3 Å². The van der Waals surface area contributed by atoms with Gasteiger partial charge in [-0.25, -0.2) is 0 Å². The van der Waals surface area contributed by atoms with E-state index in [1.54, 1.807) is 0 Å². The van der Waals surface area contributed by atoms with Gasteiger partial charge in [-0.3, -0.25) is 4.79 Å². The van der Waals surface area contributed by atoms with Crippen molar-refractivity contribution in [2.45, 2.75) is 19.3 Å². The molecule has 1 aliphatic heterocycles. The van der Waals surface area contributed by atoms with Crippen LogP contribution in [0.1, 0.15) is 19.3 Å². The SMILES string of the molecule is O=C(Nc1ccc(Nc2ccccc2)cc1)C1CC12CCNCC2. The van der Waals surface area contributed by atoms with Gasteiger partial charge in [0.2, 0.25) is 5.91 Å². The van der Waals surface area contributed by atoms with Crippen molar-refractivity contribution in [3.8, 4) is 0 Å². The molecule has 0 bridgehead atoms. The standard InChI is InChI=1S/C20H23N3O/c24-19(18-14-20(18)10-12-21-13-11-20)23-17-8-6-16(7-9-17)22-15-4-2-1-3-5-15/h1-9,18,21-22H,10-14H2,(H,23,24). The Labute approximate surface area is 142 Å². The van der Waals surface area contributed by atoms with Crippen LogP contribution in [0.3, 0.4) is 0 Å². The number of hydrogen-bond acceptors (Lipinski definition) is 3. The molecular weight excluding hydrogens is 298 g/mol. The van der Waals surface area contributed by atoms with Gasteiger partial charge in [0.15, 0.2) is 0 Å². The number of benzene rings is 2. The Morgan fingerprint density at radius 2 is 1.54 bits per heavy atom. The fourth-order valence-corrected chi connectivity index (χ4v) is 3.75. The van der Waals surface area contributed by atoms with E-state index in [2.05, 4.69) is 16.0 Å². The van der Waals surface area contributed by atoms with Crippen LogP contribution in [-0.4, -0.2) is 19.0 Å². The molecule has 1 atom stereocenters. The van der Waals surface area contributed by atoms with Crippen LogP contribution in [0.2, 0.25) is 0 Å². The lowest BCUT2D eigenvalue weighted by Crippen LogP contribution is -2.31. The molecule has 4 nitrogen and oxygen atoms in total. The fraction of sp³-hybridized carbons (Fsp3) is 0.350. The summed E-state index contributed by atoms with van der Waals surface area (Å²) in [7, 11) is 0. The first kappa shape index (κ1) is 15.2. The molecular formula is C20H23N3O. The number of amides is 1. The molecule has 1 heterocycles. The largest absolute Gasteiger partial charge is 0.356 e. The molecule has 2 aromatic carbocycles. The van der Waals surface area contributed by atoms with Gasteiger partial charge in [0.25, 0.3) is 0 Å². The number of hydrogen-bond donors (Lipinski definition) is 3. The van der Waals surface area contributed by atoms with E-state index >= 15 is 0 Å². The van der Waals surface area contributed by atoms with E-state index in [0.717, 1.165) is 49.4 Å². The molecule has 4 rings (SSSR count). The lowest BCUT2D eigenvalue weighted by Gasteiger charge is -2.23. The summed E-state index contributed by atoms with van der Waals surface area (Å²) < 4.78 is 0. The average molecular weight is 321 g/mol. The van der Waals surface area contributed by atoms with Gasteiger partial charge in [-0.15, -0.1) is 0 Å². The summed E-state index contributed by atoms with van der Waals surface area (Å²) in [6, 6.07) is 18.0. The van der Waals surface area contributed by atoms with Gasteiger partial charge in [-0.2, -0.15) is 0 Å². The van der Waals surface area contributed by atoms with Crippen LogP contribution in [0.15, 0.2) is 54.6 Å². The smallest absolute Gasteiger partial charge is 0.228 e. The molecule has 1 unspecified atom stereocenters. The van der Waals surface area contributed by atoms with Gasteiger partial charge in [-0.1, -0.05) is 18.2 Å². The molecule has 1 spiro atoms. The fourth-order valence-electron chi connectivity index (χ4n) is 3.75. The van der Waals surface area contributed by atoms with Gasteiger partial charge in [-0.05, 0) is 74.2 Å². The Morgan fingerprint density at radius 3 is 2.25 bits per heavy atom. The highest BCUT2D eigenvalue weighted by atomic mass is 16.2. The third kappa shape index (κ3) is 3.15. The Morgan fingerprint density at radius 1 is 0.917 bits per heavy atom. The molecule has 1 saturated carbocycles. The predicted octanol–water partition coefficient (Wildman–Crippen LogP) is 3.76. The second-order valence-corrected chi connectivity index (χ2v) is 6.93. The minimum absolute atomic E-state index is 0.181. The summed E-state index contributed by atoms with van der Waals surface area (Å²) in [4.78, 5) is 12.5. The molecule has 1 saturated heterocycles. The van der Waals surface area contributed by atoms with Crippen molar-refractivity contribution in [1.29, 1.82) is 0 Å². The minimum atomic E-state index is 0.181. The van der Waals surface area contributed by atoms with Crippen LogP contribution in [0.25, 0.3) is 0 Å². The maximum Gasteiger partial charge on any atom is 0.228 e. The summed E-state index contributed by atoms with van der Waals surface area (Å²) in [6.45, 7) is 2.09. The van der Waals surface area contributed by atoms with E-state index in [9.17, 15) is 4.79 Å². The number of piperidine rings is 1. The van der Waals surface area contributed by atoms with Crippen LogP contribution in [-0.2, 0) is 4.79 Å². The summed E-state index contributed by atoms with van der Waals surface area (Å²) >= 11 is 0. The zero-order valence-electron chi connectivity index (χ0n) is 13.7. The first-order valence-electron chi connectivity index (χ1n) is 8.69. The van der Waals surface area contributed by atoms with Gasteiger partial charge < -0.3 is 16.0 Å². The van der Waals surface area contributed by atoms with Crippen molar-refractivity contribution >= 4 is 23.0 Å². The molecule has 0 radical (unpaired) electrons. The second-order valence-electron chi connectivity index (χ2n) is 6.93. The molecule has 2 fully saturated rings. The minimum Gasteiger partial charge on any atom is -0.356 e. The number of carbonyl (C=O) groups excluding carboxylic acids is 1. The van der Waals surface area contributed by atoms with Crippen molar-refractivity contribution < 1.29 is 4.79 Å². The van der Waals surface area contributed by atoms with Crippen molar-refractivity contribution in [2.75, 3.05) is 23.7 Å². The van der Waals surface area contributed by atoms with E-state index in [4.69, 9.17) is 0 Å². The van der Waals surface area contributed by atoms with E-state index in [-0.39, 0.29) is 17.2 Å². The highest BCUT2D eigenvalue weighted by molar-refractivity contribution is 5.95. The first-order valence-corrected chi connectivity index (χ1v) is 8.69. The van der Waals surface area contributed by atoms with E-state index < -0.39 is 0 Å². The Balaban J connectivity index is 1.35. The van der Waals surface area contributed by atoms with Crippen molar-refractivity contribution in [1.82, 2.24) is 5.32 Å². The maximum atomic E-state index is 12.5. The second kappa shape index (κ2) is 6.29. The molecule has 24 heavy (non-hydrogen) atoms. The molecule has 0 aromatic heterocycles. The number of nitrogens with one attached hydrogen (secondary N) is 3. The Hall–Kier alpha value is -2.33. The quantitative estimate of drug-likeness (QED) is 0.804. The molecule has 1 amide bonds. The van der Waals surface area contributed by atoms with Gasteiger partial charge in [0, 0.05) is 23.0 Å². The number of rotatable bonds is 4. The van der Waals surface area contributed by atoms with E-state index in [0.29, 0.717) is 0 Å². The maximum absolute atomic E-state index is 12.5.